The minimum Gasteiger partial charge on any atom is -0.365 e. The van der Waals surface area contributed by atoms with Gasteiger partial charge in [-0.05, 0) is 13.2 Å². The zero-order valence-electron chi connectivity index (χ0n) is 6.90. The number of hydrogen-bond acceptors (Lipinski definition) is 4. The minimum absolute atomic E-state index is 0.433. The summed E-state index contributed by atoms with van der Waals surface area (Å²) in [4.78, 5) is 11.5. The summed E-state index contributed by atoms with van der Waals surface area (Å²) < 4.78 is 0. The molecule has 0 aromatic rings. The number of nitro groups is 1. The largest absolute Gasteiger partial charge is 0.365 e. The standard InChI is InChI=1S/C6H12N2O2S/c1-4-7(2)6(11-3)5-8(9)10/h5H,4H2,1-3H3/b6-5-. The van der Waals surface area contributed by atoms with E-state index in [1.54, 1.807) is 0 Å². The van der Waals surface area contributed by atoms with Crippen LogP contribution in [0.5, 0.6) is 0 Å². The molecular weight excluding hydrogens is 164 g/mol. The maximum atomic E-state index is 10.1. The van der Waals surface area contributed by atoms with E-state index in [2.05, 4.69) is 0 Å². The third-order valence-corrected chi connectivity index (χ3v) is 2.11. The summed E-state index contributed by atoms with van der Waals surface area (Å²) in [5.41, 5.74) is 0. The van der Waals surface area contributed by atoms with Crippen LogP contribution in [0.1, 0.15) is 6.92 Å². The molecule has 0 atom stereocenters. The maximum absolute atomic E-state index is 10.1. The lowest BCUT2D eigenvalue weighted by molar-refractivity contribution is -0.403. The van der Waals surface area contributed by atoms with Gasteiger partial charge in [-0.25, -0.2) is 0 Å². The van der Waals surface area contributed by atoms with E-state index in [1.165, 1.54) is 11.8 Å². The van der Waals surface area contributed by atoms with Crippen LogP contribution in [0, 0.1) is 10.1 Å². The van der Waals surface area contributed by atoms with Crippen LogP contribution in [0.3, 0.4) is 0 Å². The molecule has 0 fully saturated rings. The first-order valence-corrected chi connectivity index (χ1v) is 4.44. The minimum atomic E-state index is -0.433. The molecule has 0 aliphatic rings. The van der Waals surface area contributed by atoms with Crippen molar-refractivity contribution in [1.82, 2.24) is 4.90 Å². The van der Waals surface area contributed by atoms with Crippen molar-refractivity contribution in [1.29, 1.82) is 0 Å². The molecule has 64 valence electrons. The second kappa shape index (κ2) is 5.01. The van der Waals surface area contributed by atoms with Crippen LogP contribution < -0.4 is 0 Å². The van der Waals surface area contributed by atoms with Gasteiger partial charge in [0.25, 0.3) is 6.20 Å². The average molecular weight is 176 g/mol. The Balaban J connectivity index is 4.26. The lowest BCUT2D eigenvalue weighted by Crippen LogP contribution is -2.15. The van der Waals surface area contributed by atoms with Gasteiger partial charge in [0.1, 0.15) is 5.03 Å². The number of thioether (sulfide) groups is 1. The zero-order chi connectivity index (χ0) is 8.85. The quantitative estimate of drug-likeness (QED) is 0.479. The highest BCUT2D eigenvalue weighted by Gasteiger charge is 2.04. The van der Waals surface area contributed by atoms with Gasteiger partial charge in [0.05, 0.1) is 4.92 Å². The number of rotatable bonds is 4. The van der Waals surface area contributed by atoms with Gasteiger partial charge < -0.3 is 4.90 Å². The highest BCUT2D eigenvalue weighted by molar-refractivity contribution is 8.02. The molecule has 0 unspecified atom stereocenters. The van der Waals surface area contributed by atoms with E-state index in [9.17, 15) is 10.1 Å². The van der Waals surface area contributed by atoms with Crippen molar-refractivity contribution in [3.63, 3.8) is 0 Å². The first kappa shape index (κ1) is 10.3. The first-order chi connectivity index (χ1) is 5.11. The van der Waals surface area contributed by atoms with Gasteiger partial charge >= 0.3 is 0 Å². The van der Waals surface area contributed by atoms with Crippen LogP contribution >= 0.6 is 11.8 Å². The predicted octanol–water partition coefficient (Wildman–Crippen LogP) is 1.38. The summed E-state index contributed by atoms with van der Waals surface area (Å²) in [5.74, 6) is 0. The van der Waals surface area contributed by atoms with Crippen molar-refractivity contribution in [2.75, 3.05) is 19.8 Å². The fourth-order valence-corrected chi connectivity index (χ4v) is 1.19. The van der Waals surface area contributed by atoms with E-state index >= 15 is 0 Å². The molecular formula is C6H12N2O2S. The predicted molar refractivity (Wildman–Crippen MR) is 46.9 cm³/mol. The van der Waals surface area contributed by atoms with Crippen LogP contribution in [0.4, 0.5) is 0 Å². The van der Waals surface area contributed by atoms with E-state index in [1.807, 2.05) is 25.1 Å². The molecule has 0 bridgehead atoms. The third kappa shape index (κ3) is 3.87. The Morgan fingerprint density at radius 1 is 1.82 bits per heavy atom. The Hall–Kier alpha value is -0.710. The molecule has 4 nitrogen and oxygen atoms in total. The van der Waals surface area contributed by atoms with E-state index < -0.39 is 4.92 Å². The molecule has 0 aromatic carbocycles. The Morgan fingerprint density at radius 2 is 2.36 bits per heavy atom. The Morgan fingerprint density at radius 3 is 2.64 bits per heavy atom. The summed E-state index contributed by atoms with van der Waals surface area (Å²) in [5, 5.41) is 10.8. The number of nitrogens with zero attached hydrogens (tertiary/aromatic N) is 2. The van der Waals surface area contributed by atoms with Crippen LogP contribution in [-0.2, 0) is 0 Å². The molecule has 0 amide bonds. The monoisotopic (exact) mass is 176 g/mol. The van der Waals surface area contributed by atoms with E-state index in [0.29, 0.717) is 5.03 Å². The van der Waals surface area contributed by atoms with Crippen molar-refractivity contribution in [2.24, 2.45) is 0 Å². The summed E-state index contributed by atoms with van der Waals surface area (Å²) >= 11 is 1.38. The smallest absolute Gasteiger partial charge is 0.264 e. The molecule has 0 aromatic heterocycles. The highest BCUT2D eigenvalue weighted by atomic mass is 32.2. The fourth-order valence-electron chi connectivity index (χ4n) is 0.553. The van der Waals surface area contributed by atoms with E-state index in [4.69, 9.17) is 0 Å². The van der Waals surface area contributed by atoms with Crippen LogP contribution in [0.15, 0.2) is 11.2 Å². The van der Waals surface area contributed by atoms with Crippen molar-refractivity contribution >= 4 is 11.8 Å². The Bertz CT molecular complexity index is 170. The second-order valence-corrected chi connectivity index (χ2v) is 2.80. The summed E-state index contributed by atoms with van der Waals surface area (Å²) in [6.07, 6.45) is 2.84. The second-order valence-electron chi connectivity index (χ2n) is 1.97. The molecule has 5 heteroatoms. The Labute approximate surface area is 70.4 Å². The number of hydrogen-bond donors (Lipinski definition) is 0. The molecule has 0 N–H and O–H groups in total. The van der Waals surface area contributed by atoms with Gasteiger partial charge in [-0.1, -0.05) is 0 Å². The molecule has 0 saturated carbocycles. The lowest BCUT2D eigenvalue weighted by atomic mass is 10.6. The van der Waals surface area contributed by atoms with E-state index in [0.717, 1.165) is 12.7 Å². The van der Waals surface area contributed by atoms with Crippen molar-refractivity contribution < 1.29 is 4.92 Å². The topological polar surface area (TPSA) is 46.4 Å². The van der Waals surface area contributed by atoms with Crippen molar-refractivity contribution in [2.45, 2.75) is 6.92 Å². The van der Waals surface area contributed by atoms with Gasteiger partial charge in [-0.2, -0.15) is 0 Å². The third-order valence-electron chi connectivity index (χ3n) is 1.28. The summed E-state index contributed by atoms with van der Waals surface area (Å²) in [7, 11) is 1.83. The fraction of sp³-hybridized carbons (Fsp3) is 0.667. The van der Waals surface area contributed by atoms with Gasteiger partial charge in [0.2, 0.25) is 0 Å². The van der Waals surface area contributed by atoms with Crippen LogP contribution in [-0.4, -0.2) is 29.7 Å². The van der Waals surface area contributed by atoms with Gasteiger partial charge in [0, 0.05) is 13.6 Å². The van der Waals surface area contributed by atoms with Gasteiger partial charge in [-0.15, -0.1) is 11.8 Å². The molecule has 0 aliphatic heterocycles. The molecule has 0 spiro atoms. The maximum Gasteiger partial charge on any atom is 0.264 e. The lowest BCUT2D eigenvalue weighted by Gasteiger charge is -2.15. The average Bonchev–Trinajstić information content (AvgIpc) is 1.98. The molecule has 0 aliphatic carbocycles. The molecule has 0 rings (SSSR count). The van der Waals surface area contributed by atoms with E-state index in [-0.39, 0.29) is 0 Å². The Kier molecular flexibility index (Phi) is 4.69. The summed E-state index contributed by atoms with van der Waals surface area (Å²) in [6, 6.07) is 0. The SMILES string of the molecule is CCN(C)/C(=C/[N+](=O)[O-])SC. The molecule has 0 radical (unpaired) electrons. The van der Waals surface area contributed by atoms with Crippen LogP contribution in [0.25, 0.3) is 0 Å². The zero-order valence-corrected chi connectivity index (χ0v) is 7.72. The highest BCUT2D eigenvalue weighted by Crippen LogP contribution is 2.14. The molecule has 11 heavy (non-hydrogen) atoms. The van der Waals surface area contributed by atoms with Crippen LogP contribution in [0.2, 0.25) is 0 Å². The van der Waals surface area contributed by atoms with Gasteiger partial charge in [-0.3, -0.25) is 10.1 Å². The van der Waals surface area contributed by atoms with Crippen molar-refractivity contribution in [3.8, 4) is 0 Å². The normalized spacial score (nSPS) is 11.4. The molecule has 0 saturated heterocycles. The first-order valence-electron chi connectivity index (χ1n) is 3.22. The van der Waals surface area contributed by atoms with Crippen molar-refractivity contribution in [3.05, 3.63) is 21.3 Å². The molecule has 0 heterocycles. The van der Waals surface area contributed by atoms with Gasteiger partial charge in [0.15, 0.2) is 0 Å². The summed E-state index contributed by atoms with van der Waals surface area (Å²) in [6.45, 7) is 2.73.